The summed E-state index contributed by atoms with van der Waals surface area (Å²) in [5.74, 6) is 0.400. The number of hydrogen-bond donors (Lipinski definition) is 1. The van der Waals surface area contributed by atoms with E-state index in [0.29, 0.717) is 41.1 Å². The van der Waals surface area contributed by atoms with Gasteiger partial charge in [-0.05, 0) is 51.5 Å². The van der Waals surface area contributed by atoms with Gasteiger partial charge in [0.15, 0.2) is 11.6 Å². The molecule has 3 aromatic rings. The Hall–Kier alpha value is -3.66. The number of anilines is 1. The Labute approximate surface area is 222 Å². The maximum atomic E-state index is 14.6. The number of benzene rings is 1. The largest absolute Gasteiger partial charge is 0.494 e. The third-order valence-corrected chi connectivity index (χ3v) is 6.34. The van der Waals surface area contributed by atoms with Gasteiger partial charge in [-0.2, -0.15) is 0 Å². The number of ether oxygens (including phenoxy) is 3. The highest BCUT2D eigenvalue weighted by atomic mass is 19.1. The zero-order valence-corrected chi connectivity index (χ0v) is 22.5. The molecule has 1 aliphatic rings. The molecule has 1 fully saturated rings. The lowest BCUT2D eigenvalue weighted by Crippen LogP contribution is -2.36. The van der Waals surface area contributed by atoms with Crippen molar-refractivity contribution in [1.29, 1.82) is 0 Å². The van der Waals surface area contributed by atoms with E-state index in [4.69, 9.17) is 19.2 Å². The van der Waals surface area contributed by atoms with Gasteiger partial charge in [0, 0.05) is 49.8 Å². The molecule has 1 saturated heterocycles. The lowest BCUT2D eigenvalue weighted by atomic mass is 10.1. The van der Waals surface area contributed by atoms with E-state index in [1.165, 1.54) is 18.1 Å². The highest BCUT2D eigenvalue weighted by Crippen LogP contribution is 2.36. The van der Waals surface area contributed by atoms with Crippen LogP contribution in [-0.4, -0.2) is 78.7 Å². The molecule has 2 aromatic heterocycles. The average Bonchev–Trinajstić information content (AvgIpc) is 3.36. The molecule has 0 saturated carbocycles. The van der Waals surface area contributed by atoms with E-state index in [1.807, 2.05) is 32.9 Å². The third kappa shape index (κ3) is 6.42. The summed E-state index contributed by atoms with van der Waals surface area (Å²) in [4.78, 5) is 25.0. The van der Waals surface area contributed by atoms with Gasteiger partial charge in [0.1, 0.15) is 18.0 Å². The summed E-state index contributed by atoms with van der Waals surface area (Å²) in [6.45, 7) is 7.66. The molecule has 1 aliphatic heterocycles. The van der Waals surface area contributed by atoms with Gasteiger partial charge in [-0.15, -0.1) is 0 Å². The first-order chi connectivity index (χ1) is 18.1. The van der Waals surface area contributed by atoms with E-state index in [9.17, 15) is 14.3 Å². The Morgan fingerprint density at radius 1 is 1.24 bits per heavy atom. The molecule has 1 unspecified atom stereocenters. The average molecular weight is 527 g/mol. The van der Waals surface area contributed by atoms with Crippen LogP contribution < -0.4 is 14.4 Å². The molecule has 1 atom stereocenters. The number of nitrogens with zero attached hydrogens (tertiary/aromatic N) is 4. The van der Waals surface area contributed by atoms with E-state index >= 15 is 0 Å². The van der Waals surface area contributed by atoms with Crippen LogP contribution in [0.25, 0.3) is 22.3 Å². The van der Waals surface area contributed by atoms with Crippen molar-refractivity contribution < 1.29 is 28.5 Å². The van der Waals surface area contributed by atoms with Crippen molar-refractivity contribution in [2.75, 3.05) is 51.9 Å². The summed E-state index contributed by atoms with van der Waals surface area (Å²) < 4.78 is 30.9. The molecule has 3 heterocycles. The SMILES string of the molecule is COc1cc2nc(-c3ccc(OCCN(C)C(=O)OC(C)(C)C)cn3)cc(N3CCC(CO)C3)c2cc1F. The molecule has 38 heavy (non-hydrogen) atoms. The molecule has 1 aromatic carbocycles. The number of halogens is 1. The van der Waals surface area contributed by atoms with Crippen LogP contribution in [0.4, 0.5) is 14.9 Å². The van der Waals surface area contributed by atoms with Crippen molar-refractivity contribution in [2.24, 2.45) is 5.92 Å². The Balaban J connectivity index is 1.53. The Morgan fingerprint density at radius 2 is 2.03 bits per heavy atom. The number of methoxy groups -OCH3 is 1. The highest BCUT2D eigenvalue weighted by Gasteiger charge is 2.25. The summed E-state index contributed by atoms with van der Waals surface area (Å²) in [5.41, 5.74) is 2.14. The number of aromatic nitrogens is 2. The minimum atomic E-state index is -0.558. The molecule has 9 nitrogen and oxygen atoms in total. The van der Waals surface area contributed by atoms with Crippen molar-refractivity contribution in [3.05, 3.63) is 42.3 Å². The second-order valence-electron chi connectivity index (χ2n) is 10.4. The number of hydrogen-bond acceptors (Lipinski definition) is 8. The summed E-state index contributed by atoms with van der Waals surface area (Å²) >= 11 is 0. The van der Waals surface area contributed by atoms with E-state index in [0.717, 1.165) is 18.7 Å². The first kappa shape index (κ1) is 27.4. The number of rotatable bonds is 8. The molecule has 1 amide bonds. The van der Waals surface area contributed by atoms with Gasteiger partial charge in [-0.1, -0.05) is 0 Å². The van der Waals surface area contributed by atoms with Crippen LogP contribution in [0.5, 0.6) is 11.5 Å². The van der Waals surface area contributed by atoms with Crippen molar-refractivity contribution in [3.63, 3.8) is 0 Å². The van der Waals surface area contributed by atoms with Gasteiger partial charge in [0.05, 0.1) is 36.8 Å². The second-order valence-corrected chi connectivity index (χ2v) is 10.4. The fraction of sp³-hybridized carbons (Fsp3) is 0.464. The van der Waals surface area contributed by atoms with Crippen LogP contribution in [0.15, 0.2) is 36.5 Å². The molecule has 1 N–H and O–H groups in total. The number of carbonyl (C=O) groups is 1. The van der Waals surface area contributed by atoms with E-state index < -0.39 is 17.5 Å². The van der Waals surface area contributed by atoms with Gasteiger partial charge in [-0.3, -0.25) is 4.98 Å². The lowest BCUT2D eigenvalue weighted by molar-refractivity contribution is 0.0278. The quantitative estimate of drug-likeness (QED) is 0.458. The smallest absolute Gasteiger partial charge is 0.410 e. The molecule has 4 rings (SSSR count). The first-order valence-electron chi connectivity index (χ1n) is 12.7. The Kier molecular flexibility index (Phi) is 8.20. The summed E-state index contributed by atoms with van der Waals surface area (Å²) in [6.07, 6.45) is 2.06. The molecular formula is C28H35FN4O5. The number of pyridine rings is 2. The van der Waals surface area contributed by atoms with Crippen molar-refractivity contribution in [2.45, 2.75) is 32.8 Å². The van der Waals surface area contributed by atoms with Crippen LogP contribution >= 0.6 is 0 Å². The van der Waals surface area contributed by atoms with Gasteiger partial charge in [0.2, 0.25) is 0 Å². The predicted octanol–water partition coefficient (Wildman–Crippen LogP) is 4.51. The van der Waals surface area contributed by atoms with Crippen LogP contribution in [0.2, 0.25) is 0 Å². The molecule has 0 bridgehead atoms. The molecule has 0 aliphatic carbocycles. The van der Waals surface area contributed by atoms with Crippen molar-refractivity contribution >= 4 is 22.7 Å². The van der Waals surface area contributed by atoms with Crippen LogP contribution in [0.1, 0.15) is 27.2 Å². The summed E-state index contributed by atoms with van der Waals surface area (Å²) in [5, 5.41) is 10.3. The Bertz CT molecular complexity index is 1280. The third-order valence-electron chi connectivity index (χ3n) is 6.34. The highest BCUT2D eigenvalue weighted by molar-refractivity contribution is 5.95. The molecule has 0 radical (unpaired) electrons. The fourth-order valence-electron chi connectivity index (χ4n) is 4.31. The predicted molar refractivity (Wildman–Crippen MR) is 143 cm³/mol. The topological polar surface area (TPSA) is 97.2 Å². The van der Waals surface area contributed by atoms with Crippen molar-refractivity contribution in [3.8, 4) is 22.9 Å². The van der Waals surface area contributed by atoms with Crippen LogP contribution in [0.3, 0.4) is 0 Å². The number of carbonyl (C=O) groups excluding carboxylic acids is 1. The number of aliphatic hydroxyl groups excluding tert-OH is 1. The van der Waals surface area contributed by atoms with Gasteiger partial charge >= 0.3 is 6.09 Å². The monoisotopic (exact) mass is 526 g/mol. The van der Waals surface area contributed by atoms with Gasteiger partial charge < -0.3 is 29.1 Å². The maximum absolute atomic E-state index is 14.6. The van der Waals surface area contributed by atoms with Crippen LogP contribution in [0, 0.1) is 11.7 Å². The molecular weight excluding hydrogens is 491 g/mol. The van der Waals surface area contributed by atoms with Gasteiger partial charge in [0.25, 0.3) is 0 Å². The summed E-state index contributed by atoms with van der Waals surface area (Å²) in [7, 11) is 3.08. The van der Waals surface area contributed by atoms with Crippen molar-refractivity contribution in [1.82, 2.24) is 14.9 Å². The lowest BCUT2D eigenvalue weighted by Gasteiger charge is -2.24. The zero-order valence-electron chi connectivity index (χ0n) is 22.5. The Morgan fingerprint density at radius 3 is 2.66 bits per heavy atom. The summed E-state index contributed by atoms with van der Waals surface area (Å²) in [6, 6.07) is 8.56. The first-order valence-corrected chi connectivity index (χ1v) is 12.7. The molecule has 10 heteroatoms. The molecule has 0 spiro atoms. The normalized spacial score (nSPS) is 15.6. The van der Waals surface area contributed by atoms with Gasteiger partial charge in [-0.25, -0.2) is 14.2 Å². The number of amides is 1. The fourth-order valence-corrected chi connectivity index (χ4v) is 4.31. The van der Waals surface area contributed by atoms with E-state index in [-0.39, 0.29) is 24.9 Å². The molecule has 204 valence electrons. The van der Waals surface area contributed by atoms with Crippen LogP contribution in [-0.2, 0) is 4.74 Å². The second kappa shape index (κ2) is 11.4. The zero-order chi connectivity index (χ0) is 27.4. The number of aliphatic hydroxyl groups is 1. The van der Waals surface area contributed by atoms with E-state index in [1.54, 1.807) is 25.4 Å². The number of fused-ring (bicyclic) bond motifs is 1. The minimum absolute atomic E-state index is 0.116. The minimum Gasteiger partial charge on any atom is -0.494 e. The maximum Gasteiger partial charge on any atom is 0.410 e. The van der Waals surface area contributed by atoms with E-state index in [2.05, 4.69) is 9.88 Å². The number of likely N-dealkylation sites (N-methyl/N-ethyl adjacent to an activating group) is 1. The standard InChI is InChI=1S/C28H35FN4O5/c1-28(2,3)38-27(35)32(4)10-11-37-19-6-7-22(30-15-19)24-13-25(33-9-8-18(16-33)17-34)20-12-21(29)26(36-5)14-23(20)31-24/h6-7,12-15,18,34H,8-11,16-17H2,1-5H3.